The molecular weight excluding hydrogens is 254 g/mol. The second-order valence-corrected chi connectivity index (χ2v) is 3.53. The molecule has 0 atom stereocenters. The highest BCUT2D eigenvalue weighted by molar-refractivity contribution is 6.27. The largest absolute Gasteiger partial charge is 0.481 e. The van der Waals surface area contributed by atoms with E-state index < -0.39 is 17.9 Å². The van der Waals surface area contributed by atoms with Crippen LogP contribution in [0.1, 0.15) is 11.1 Å². The van der Waals surface area contributed by atoms with Crippen LogP contribution in [-0.2, 0) is 27.3 Å². The highest BCUT2D eigenvalue weighted by Crippen LogP contribution is 2.05. The minimum atomic E-state index is -1.82. The lowest BCUT2D eigenvalue weighted by molar-refractivity contribution is -0.159. The van der Waals surface area contributed by atoms with E-state index in [0.29, 0.717) is 0 Å². The Morgan fingerprint density at radius 3 is 2.00 bits per heavy atom. The number of aliphatic carboxylic acids is 3. The third kappa shape index (κ3) is 8.33. The first-order valence-electron chi connectivity index (χ1n) is 5.27. The van der Waals surface area contributed by atoms with Crippen molar-refractivity contribution < 1.29 is 29.7 Å². The smallest absolute Gasteiger partial charge is 0.414 e. The summed E-state index contributed by atoms with van der Waals surface area (Å²) >= 11 is 0. The van der Waals surface area contributed by atoms with Gasteiger partial charge in [0.05, 0.1) is 6.42 Å². The number of carboxylic acid groups (broad SMARTS) is 3. The van der Waals surface area contributed by atoms with Crippen molar-refractivity contribution in [2.24, 2.45) is 0 Å². The van der Waals surface area contributed by atoms with Crippen LogP contribution in [0.5, 0.6) is 0 Å². The Morgan fingerprint density at radius 2 is 1.58 bits per heavy atom. The van der Waals surface area contributed by atoms with Crippen LogP contribution in [0.25, 0.3) is 0 Å². The molecule has 0 heterocycles. The van der Waals surface area contributed by atoms with Crippen molar-refractivity contribution in [3.05, 3.63) is 35.4 Å². The monoisotopic (exact) mass is 269 g/mol. The molecule has 0 aliphatic heterocycles. The van der Waals surface area contributed by atoms with E-state index in [-0.39, 0.29) is 6.42 Å². The van der Waals surface area contributed by atoms with Crippen LogP contribution >= 0.6 is 0 Å². The van der Waals surface area contributed by atoms with Gasteiger partial charge in [0, 0.05) is 6.54 Å². The number of hydrogen-bond donors (Lipinski definition) is 4. The molecule has 4 N–H and O–H groups in total. The van der Waals surface area contributed by atoms with E-state index in [1.807, 2.05) is 31.3 Å². The van der Waals surface area contributed by atoms with E-state index in [2.05, 4.69) is 5.32 Å². The average molecular weight is 269 g/mol. The zero-order valence-electron chi connectivity index (χ0n) is 10.3. The number of rotatable bonds is 4. The molecule has 1 rings (SSSR count). The molecule has 0 radical (unpaired) electrons. The number of hydrogen-bond acceptors (Lipinski definition) is 4. The predicted octanol–water partition coefficient (Wildman–Crippen LogP) is 0.189. The number of carbonyl (C=O) groups is 3. The van der Waals surface area contributed by atoms with Crippen molar-refractivity contribution in [1.29, 1.82) is 0 Å². The van der Waals surface area contributed by atoms with E-state index >= 15 is 0 Å². The fourth-order valence-electron chi connectivity index (χ4n) is 1.23. The summed E-state index contributed by atoms with van der Waals surface area (Å²) < 4.78 is 0. The van der Waals surface area contributed by atoms with E-state index in [1.54, 1.807) is 0 Å². The van der Waals surface area contributed by atoms with Gasteiger partial charge >= 0.3 is 17.9 Å². The summed E-state index contributed by atoms with van der Waals surface area (Å²) in [5.74, 6) is -4.44. The Morgan fingerprint density at radius 1 is 1.05 bits per heavy atom. The summed E-state index contributed by atoms with van der Waals surface area (Å²) in [5, 5.41) is 26.4. The third-order valence-corrected chi connectivity index (χ3v) is 1.91. The van der Waals surface area contributed by atoms with Gasteiger partial charge in [-0.25, -0.2) is 9.59 Å². The van der Waals surface area contributed by atoms with E-state index in [9.17, 15) is 4.79 Å². The molecule has 0 aliphatic rings. The quantitative estimate of drug-likeness (QED) is 0.575. The summed E-state index contributed by atoms with van der Waals surface area (Å²) in [5.41, 5.74) is 1.96. The van der Waals surface area contributed by atoms with Crippen LogP contribution in [0.2, 0.25) is 0 Å². The second-order valence-electron chi connectivity index (χ2n) is 3.53. The first kappa shape index (κ1) is 16.6. The third-order valence-electron chi connectivity index (χ3n) is 1.91. The van der Waals surface area contributed by atoms with Crippen molar-refractivity contribution in [3.63, 3.8) is 0 Å². The number of nitrogens with one attached hydrogen (secondary N) is 1. The standard InChI is InChI=1S/C10H13NO2.C2H2O4/c1-11-7-9-4-2-3-8(5-9)6-10(12)13;3-1(4)2(5)6/h2-5,11H,6-7H2,1H3,(H,12,13);(H,3,4)(H,5,6). The van der Waals surface area contributed by atoms with Gasteiger partial charge in [0.25, 0.3) is 0 Å². The maximum absolute atomic E-state index is 10.4. The van der Waals surface area contributed by atoms with Crippen LogP contribution in [-0.4, -0.2) is 40.3 Å². The van der Waals surface area contributed by atoms with Gasteiger partial charge in [-0.05, 0) is 18.2 Å². The molecule has 0 aliphatic carbocycles. The Kier molecular flexibility index (Phi) is 7.55. The molecule has 0 spiro atoms. The Balaban J connectivity index is 0.000000459. The molecule has 1 aromatic carbocycles. The molecule has 19 heavy (non-hydrogen) atoms. The maximum atomic E-state index is 10.4. The van der Waals surface area contributed by atoms with Crippen LogP contribution in [0.4, 0.5) is 0 Å². The van der Waals surface area contributed by atoms with Crippen LogP contribution in [0.3, 0.4) is 0 Å². The summed E-state index contributed by atoms with van der Waals surface area (Å²) in [6, 6.07) is 7.59. The normalized spacial score (nSPS) is 9.11. The second kappa shape index (κ2) is 8.65. The molecule has 7 heteroatoms. The number of carboxylic acids is 3. The van der Waals surface area contributed by atoms with Crippen LogP contribution in [0.15, 0.2) is 24.3 Å². The molecule has 0 unspecified atom stereocenters. The molecule has 7 nitrogen and oxygen atoms in total. The van der Waals surface area contributed by atoms with Gasteiger partial charge in [-0.2, -0.15) is 0 Å². The van der Waals surface area contributed by atoms with Crippen LogP contribution < -0.4 is 5.32 Å². The van der Waals surface area contributed by atoms with Crippen molar-refractivity contribution >= 4 is 17.9 Å². The van der Waals surface area contributed by atoms with Gasteiger partial charge in [-0.1, -0.05) is 24.3 Å². The van der Waals surface area contributed by atoms with E-state index in [1.165, 1.54) is 0 Å². The van der Waals surface area contributed by atoms with Gasteiger partial charge in [-0.15, -0.1) is 0 Å². The van der Waals surface area contributed by atoms with Crippen molar-refractivity contribution in [2.75, 3.05) is 7.05 Å². The fourth-order valence-corrected chi connectivity index (χ4v) is 1.23. The Bertz CT molecular complexity index is 445. The lowest BCUT2D eigenvalue weighted by Gasteiger charge is -2.02. The molecular formula is C12H15NO6. The molecule has 0 bridgehead atoms. The minimum absolute atomic E-state index is 0.0948. The summed E-state index contributed by atoms with van der Waals surface area (Å²) in [4.78, 5) is 28.6. The molecule has 1 aromatic rings. The van der Waals surface area contributed by atoms with Crippen molar-refractivity contribution in [3.8, 4) is 0 Å². The van der Waals surface area contributed by atoms with Gasteiger partial charge < -0.3 is 20.6 Å². The summed E-state index contributed by atoms with van der Waals surface area (Å²) in [6.07, 6.45) is 0.0948. The molecule has 0 saturated heterocycles. The SMILES string of the molecule is CNCc1cccc(CC(=O)O)c1.O=C(O)C(=O)O. The lowest BCUT2D eigenvalue weighted by atomic mass is 10.1. The Hall–Kier alpha value is -2.41. The van der Waals surface area contributed by atoms with Crippen LogP contribution in [0, 0.1) is 0 Å². The van der Waals surface area contributed by atoms with E-state index in [4.69, 9.17) is 24.9 Å². The van der Waals surface area contributed by atoms with Gasteiger partial charge in [0.2, 0.25) is 0 Å². The maximum Gasteiger partial charge on any atom is 0.414 e. The molecule has 0 amide bonds. The van der Waals surface area contributed by atoms with E-state index in [0.717, 1.165) is 17.7 Å². The fraction of sp³-hybridized carbons (Fsp3) is 0.250. The van der Waals surface area contributed by atoms with Gasteiger partial charge in [-0.3, -0.25) is 4.79 Å². The predicted molar refractivity (Wildman–Crippen MR) is 65.8 cm³/mol. The zero-order chi connectivity index (χ0) is 14.8. The first-order chi connectivity index (χ1) is 8.86. The number of benzene rings is 1. The highest BCUT2D eigenvalue weighted by atomic mass is 16.4. The summed E-state index contributed by atoms with van der Waals surface area (Å²) in [6.45, 7) is 0.771. The van der Waals surface area contributed by atoms with Crippen molar-refractivity contribution in [2.45, 2.75) is 13.0 Å². The lowest BCUT2D eigenvalue weighted by Crippen LogP contribution is -2.09. The van der Waals surface area contributed by atoms with Crippen molar-refractivity contribution in [1.82, 2.24) is 5.32 Å². The molecule has 0 saturated carbocycles. The first-order valence-corrected chi connectivity index (χ1v) is 5.27. The molecule has 104 valence electrons. The average Bonchev–Trinajstić information content (AvgIpc) is 2.29. The summed E-state index contributed by atoms with van der Waals surface area (Å²) in [7, 11) is 1.86. The topological polar surface area (TPSA) is 124 Å². The minimum Gasteiger partial charge on any atom is -0.481 e. The zero-order valence-corrected chi connectivity index (χ0v) is 10.3. The van der Waals surface area contributed by atoms with Gasteiger partial charge in [0.1, 0.15) is 0 Å². The molecule has 0 fully saturated rings. The highest BCUT2D eigenvalue weighted by Gasteiger charge is 2.04. The molecule has 0 aromatic heterocycles. The Labute approximate surface area is 109 Å². The van der Waals surface area contributed by atoms with Gasteiger partial charge in [0.15, 0.2) is 0 Å².